The quantitative estimate of drug-likeness (QED) is 0.872. The molecule has 0 aromatic heterocycles. The smallest absolute Gasteiger partial charge is 0.233 e. The number of hydrogen-bond donors (Lipinski definition) is 1. The second-order valence-electron chi connectivity index (χ2n) is 5.70. The monoisotopic (exact) mass is 308 g/mol. The number of nitrogens with zero attached hydrogens (tertiary/aromatic N) is 1. The molecular weight excluding hydrogens is 288 g/mol. The summed E-state index contributed by atoms with van der Waals surface area (Å²) in [6.45, 7) is 5.54. The highest BCUT2D eigenvalue weighted by molar-refractivity contribution is 6.31. The molecule has 1 aromatic rings. The fraction of sp³-hybridized carbons (Fsp3) is 0.500. The summed E-state index contributed by atoms with van der Waals surface area (Å²) in [4.78, 5) is 25.9. The van der Waals surface area contributed by atoms with Gasteiger partial charge in [0.25, 0.3) is 0 Å². The number of anilines is 1. The van der Waals surface area contributed by atoms with Crippen molar-refractivity contribution in [3.8, 4) is 0 Å². The molecule has 1 aliphatic heterocycles. The molecule has 1 heterocycles. The maximum Gasteiger partial charge on any atom is 0.233 e. The number of rotatable bonds is 3. The van der Waals surface area contributed by atoms with Crippen molar-refractivity contribution in [3.05, 3.63) is 28.8 Å². The highest BCUT2D eigenvalue weighted by Crippen LogP contribution is 2.23. The first-order chi connectivity index (χ1) is 9.97. The summed E-state index contributed by atoms with van der Waals surface area (Å²) in [6.07, 6.45) is 1.92. The SMILES string of the molecule is Cc1c(Cl)cccc1NC(=O)CC(=O)N1CCC(C)CC1. The summed E-state index contributed by atoms with van der Waals surface area (Å²) in [5.41, 5.74) is 1.47. The summed E-state index contributed by atoms with van der Waals surface area (Å²) in [6, 6.07) is 5.33. The first-order valence-corrected chi connectivity index (χ1v) is 7.68. The lowest BCUT2D eigenvalue weighted by Gasteiger charge is -2.30. The van der Waals surface area contributed by atoms with Crippen LogP contribution >= 0.6 is 11.6 Å². The van der Waals surface area contributed by atoms with Gasteiger partial charge in [-0.15, -0.1) is 0 Å². The minimum absolute atomic E-state index is 0.0981. The number of nitrogens with one attached hydrogen (secondary N) is 1. The van der Waals surface area contributed by atoms with E-state index >= 15 is 0 Å². The van der Waals surface area contributed by atoms with Crippen LogP contribution in [0.5, 0.6) is 0 Å². The summed E-state index contributed by atoms with van der Waals surface area (Å²) in [5, 5.41) is 3.36. The third-order valence-corrected chi connectivity index (χ3v) is 4.40. The Hall–Kier alpha value is -1.55. The predicted octanol–water partition coefficient (Wildman–Crippen LogP) is 3.24. The normalized spacial score (nSPS) is 15.9. The molecule has 2 amide bonds. The molecule has 0 aliphatic carbocycles. The third kappa shape index (κ3) is 4.21. The van der Waals surface area contributed by atoms with E-state index in [2.05, 4.69) is 12.2 Å². The Morgan fingerprint density at radius 3 is 2.67 bits per heavy atom. The first-order valence-electron chi connectivity index (χ1n) is 7.30. The molecule has 0 spiro atoms. The number of halogens is 1. The van der Waals surface area contributed by atoms with Crippen molar-refractivity contribution in [1.29, 1.82) is 0 Å². The van der Waals surface area contributed by atoms with Gasteiger partial charge in [0.1, 0.15) is 6.42 Å². The largest absolute Gasteiger partial charge is 0.342 e. The van der Waals surface area contributed by atoms with Gasteiger partial charge < -0.3 is 10.2 Å². The Morgan fingerprint density at radius 2 is 2.00 bits per heavy atom. The van der Waals surface area contributed by atoms with Gasteiger partial charge in [-0.25, -0.2) is 0 Å². The first kappa shape index (κ1) is 15.8. The predicted molar refractivity (Wildman–Crippen MR) is 84.4 cm³/mol. The van der Waals surface area contributed by atoms with E-state index in [9.17, 15) is 9.59 Å². The summed E-state index contributed by atoms with van der Waals surface area (Å²) >= 11 is 6.01. The molecule has 1 aromatic carbocycles. The number of carbonyl (C=O) groups excluding carboxylic acids is 2. The Labute approximate surface area is 130 Å². The van der Waals surface area contributed by atoms with E-state index in [1.807, 2.05) is 6.92 Å². The van der Waals surface area contributed by atoms with Crippen LogP contribution in [0.2, 0.25) is 5.02 Å². The molecule has 0 radical (unpaired) electrons. The van der Waals surface area contributed by atoms with E-state index in [-0.39, 0.29) is 18.2 Å². The molecule has 0 bridgehead atoms. The van der Waals surface area contributed by atoms with E-state index in [1.54, 1.807) is 23.1 Å². The molecule has 1 fully saturated rings. The van der Waals surface area contributed by atoms with Crippen LogP contribution in [-0.2, 0) is 9.59 Å². The molecule has 114 valence electrons. The van der Waals surface area contributed by atoms with Crippen LogP contribution in [0.15, 0.2) is 18.2 Å². The second kappa shape index (κ2) is 6.94. The van der Waals surface area contributed by atoms with E-state index in [4.69, 9.17) is 11.6 Å². The van der Waals surface area contributed by atoms with Gasteiger partial charge in [-0.05, 0) is 43.4 Å². The topological polar surface area (TPSA) is 49.4 Å². The zero-order valence-corrected chi connectivity index (χ0v) is 13.2. The molecule has 1 aliphatic rings. The molecule has 0 saturated carbocycles. The van der Waals surface area contributed by atoms with Crippen molar-refractivity contribution < 1.29 is 9.59 Å². The summed E-state index contributed by atoms with van der Waals surface area (Å²) < 4.78 is 0. The van der Waals surface area contributed by atoms with E-state index in [0.717, 1.165) is 31.5 Å². The van der Waals surface area contributed by atoms with Crippen LogP contribution in [0, 0.1) is 12.8 Å². The average Bonchev–Trinajstić information content (AvgIpc) is 2.44. The van der Waals surface area contributed by atoms with Crippen molar-refractivity contribution in [2.75, 3.05) is 18.4 Å². The van der Waals surface area contributed by atoms with Gasteiger partial charge in [0.2, 0.25) is 11.8 Å². The van der Waals surface area contributed by atoms with Gasteiger partial charge in [-0.1, -0.05) is 24.6 Å². The van der Waals surface area contributed by atoms with Crippen molar-refractivity contribution >= 4 is 29.1 Å². The molecule has 5 heteroatoms. The lowest BCUT2D eigenvalue weighted by Crippen LogP contribution is -2.39. The fourth-order valence-electron chi connectivity index (χ4n) is 2.44. The zero-order chi connectivity index (χ0) is 15.4. The molecule has 21 heavy (non-hydrogen) atoms. The number of benzene rings is 1. The maximum atomic E-state index is 12.1. The van der Waals surface area contributed by atoms with Crippen molar-refractivity contribution in [1.82, 2.24) is 4.90 Å². The lowest BCUT2D eigenvalue weighted by molar-refractivity contribution is -0.135. The van der Waals surface area contributed by atoms with Gasteiger partial charge in [-0.2, -0.15) is 0 Å². The van der Waals surface area contributed by atoms with Crippen LogP contribution < -0.4 is 5.32 Å². The van der Waals surface area contributed by atoms with Gasteiger partial charge in [0.05, 0.1) is 0 Å². The highest BCUT2D eigenvalue weighted by Gasteiger charge is 2.22. The number of amides is 2. The average molecular weight is 309 g/mol. The summed E-state index contributed by atoms with van der Waals surface area (Å²) in [7, 11) is 0. The van der Waals surface area contributed by atoms with Crippen LogP contribution in [0.25, 0.3) is 0 Å². The maximum absolute atomic E-state index is 12.1. The Morgan fingerprint density at radius 1 is 1.33 bits per heavy atom. The van der Waals surface area contributed by atoms with Crippen LogP contribution in [-0.4, -0.2) is 29.8 Å². The Balaban J connectivity index is 1.89. The lowest BCUT2D eigenvalue weighted by atomic mass is 9.99. The van der Waals surface area contributed by atoms with E-state index in [0.29, 0.717) is 16.6 Å². The van der Waals surface area contributed by atoms with Gasteiger partial charge in [-0.3, -0.25) is 9.59 Å². The van der Waals surface area contributed by atoms with Crippen LogP contribution in [0.1, 0.15) is 31.7 Å². The van der Waals surface area contributed by atoms with Crippen LogP contribution in [0.3, 0.4) is 0 Å². The molecule has 1 saturated heterocycles. The van der Waals surface area contributed by atoms with Crippen molar-refractivity contribution in [3.63, 3.8) is 0 Å². The third-order valence-electron chi connectivity index (χ3n) is 3.99. The standard InChI is InChI=1S/C16H21ClN2O2/c1-11-6-8-19(9-7-11)16(21)10-15(20)18-14-5-3-4-13(17)12(14)2/h3-5,11H,6-10H2,1-2H3,(H,18,20). The minimum Gasteiger partial charge on any atom is -0.342 e. The number of likely N-dealkylation sites (tertiary alicyclic amines) is 1. The fourth-order valence-corrected chi connectivity index (χ4v) is 2.62. The molecule has 1 N–H and O–H groups in total. The highest BCUT2D eigenvalue weighted by atomic mass is 35.5. The number of hydrogen-bond acceptors (Lipinski definition) is 2. The molecule has 0 unspecified atom stereocenters. The molecular formula is C16H21ClN2O2. The number of piperidine rings is 1. The van der Waals surface area contributed by atoms with Crippen LogP contribution in [0.4, 0.5) is 5.69 Å². The zero-order valence-electron chi connectivity index (χ0n) is 12.5. The Kier molecular flexibility index (Phi) is 5.23. The minimum atomic E-state index is -0.288. The van der Waals surface area contributed by atoms with E-state index in [1.165, 1.54) is 0 Å². The molecule has 0 atom stereocenters. The van der Waals surface area contributed by atoms with Gasteiger partial charge in [0, 0.05) is 23.8 Å². The van der Waals surface area contributed by atoms with Crippen molar-refractivity contribution in [2.45, 2.75) is 33.1 Å². The number of carbonyl (C=O) groups is 2. The van der Waals surface area contributed by atoms with E-state index < -0.39 is 0 Å². The second-order valence-corrected chi connectivity index (χ2v) is 6.11. The van der Waals surface area contributed by atoms with Gasteiger partial charge in [0.15, 0.2) is 0 Å². The van der Waals surface area contributed by atoms with Crippen molar-refractivity contribution in [2.24, 2.45) is 5.92 Å². The molecule has 4 nitrogen and oxygen atoms in total. The molecule has 2 rings (SSSR count). The Bertz CT molecular complexity index is 537. The summed E-state index contributed by atoms with van der Waals surface area (Å²) in [5.74, 6) is 0.278. The van der Waals surface area contributed by atoms with Gasteiger partial charge >= 0.3 is 0 Å².